The normalized spacial score (nSPS) is 16.3. The van der Waals surface area contributed by atoms with E-state index in [4.69, 9.17) is 0 Å². The fraction of sp³-hybridized carbons (Fsp3) is 0.333. The number of rotatable bonds is 3. The van der Waals surface area contributed by atoms with E-state index < -0.39 is 0 Å². The quantitative estimate of drug-likeness (QED) is 0.752. The topological polar surface area (TPSA) is 61.0 Å². The molecule has 1 aromatic carbocycles. The van der Waals surface area contributed by atoms with Crippen molar-refractivity contribution >= 4 is 28.3 Å². The van der Waals surface area contributed by atoms with Crippen molar-refractivity contribution in [2.45, 2.75) is 26.2 Å². The second-order valence-corrected chi connectivity index (χ2v) is 7.44. The Morgan fingerprint density at radius 1 is 1.27 bits per heavy atom. The zero-order chi connectivity index (χ0) is 18.3. The molecule has 0 fully saturated rings. The molecule has 1 amide bonds. The second-order valence-electron chi connectivity index (χ2n) is 7.44. The van der Waals surface area contributed by atoms with Crippen LogP contribution in [-0.4, -0.2) is 30.0 Å². The molecule has 1 atom stereocenters. The van der Waals surface area contributed by atoms with Crippen LogP contribution >= 0.6 is 0 Å². The van der Waals surface area contributed by atoms with Gasteiger partial charge in [0.05, 0.1) is 11.9 Å². The Kier molecular flexibility index (Phi) is 4.15. The van der Waals surface area contributed by atoms with Crippen molar-refractivity contribution in [1.82, 2.24) is 9.97 Å². The minimum absolute atomic E-state index is 0.106. The smallest absolute Gasteiger partial charge is 0.255 e. The van der Waals surface area contributed by atoms with Crippen LogP contribution in [0, 0.1) is 5.92 Å². The Morgan fingerprint density at radius 3 is 2.85 bits per heavy atom. The van der Waals surface area contributed by atoms with Crippen molar-refractivity contribution in [2.75, 3.05) is 24.3 Å². The highest BCUT2D eigenvalue weighted by molar-refractivity contribution is 6.06. The molecule has 0 radical (unpaired) electrons. The van der Waals surface area contributed by atoms with Gasteiger partial charge in [-0.3, -0.25) is 4.79 Å². The first kappa shape index (κ1) is 16.6. The molecule has 0 aliphatic heterocycles. The number of carbonyl (C=O) groups is 1. The number of nitrogens with zero attached hydrogens (tertiary/aromatic N) is 2. The van der Waals surface area contributed by atoms with E-state index in [0.29, 0.717) is 17.2 Å². The Hall–Kier alpha value is -2.82. The molecule has 1 aliphatic carbocycles. The molecule has 2 heterocycles. The Balaban J connectivity index is 1.59. The molecule has 0 saturated carbocycles. The van der Waals surface area contributed by atoms with Crippen LogP contribution in [0.3, 0.4) is 0 Å². The first-order chi connectivity index (χ1) is 12.5. The van der Waals surface area contributed by atoms with E-state index in [1.54, 1.807) is 6.20 Å². The highest BCUT2D eigenvalue weighted by Gasteiger charge is 2.20. The number of nitrogens with one attached hydrogen (secondary N) is 2. The summed E-state index contributed by atoms with van der Waals surface area (Å²) in [5, 5.41) is 4.12. The number of pyridine rings is 1. The van der Waals surface area contributed by atoms with Gasteiger partial charge in [-0.15, -0.1) is 0 Å². The molecule has 2 N–H and O–H groups in total. The number of amides is 1. The van der Waals surface area contributed by atoms with E-state index in [9.17, 15) is 4.79 Å². The predicted octanol–water partition coefficient (Wildman–Crippen LogP) is 4.01. The van der Waals surface area contributed by atoms with Gasteiger partial charge in [-0.05, 0) is 61.1 Å². The maximum absolute atomic E-state index is 12.7. The monoisotopic (exact) mass is 348 g/mol. The summed E-state index contributed by atoms with van der Waals surface area (Å²) in [7, 11) is 3.88. The lowest BCUT2D eigenvalue weighted by Crippen LogP contribution is -2.14. The summed E-state index contributed by atoms with van der Waals surface area (Å²) in [6, 6.07) is 9.67. The Morgan fingerprint density at radius 2 is 2.12 bits per heavy atom. The highest BCUT2D eigenvalue weighted by Crippen LogP contribution is 2.32. The maximum Gasteiger partial charge on any atom is 0.255 e. The molecule has 0 spiro atoms. The van der Waals surface area contributed by atoms with Crippen molar-refractivity contribution in [2.24, 2.45) is 5.92 Å². The van der Waals surface area contributed by atoms with E-state index in [-0.39, 0.29) is 5.91 Å². The zero-order valence-electron chi connectivity index (χ0n) is 15.5. The van der Waals surface area contributed by atoms with Crippen LogP contribution in [0.25, 0.3) is 10.9 Å². The molecule has 3 aromatic rings. The number of benzene rings is 1. The van der Waals surface area contributed by atoms with Gasteiger partial charge in [0.2, 0.25) is 0 Å². The van der Waals surface area contributed by atoms with Gasteiger partial charge in [0.25, 0.3) is 5.91 Å². The van der Waals surface area contributed by atoms with Gasteiger partial charge >= 0.3 is 0 Å². The van der Waals surface area contributed by atoms with Crippen molar-refractivity contribution < 1.29 is 4.79 Å². The maximum atomic E-state index is 12.7. The zero-order valence-corrected chi connectivity index (χ0v) is 15.5. The third-order valence-electron chi connectivity index (χ3n) is 5.16. The summed E-state index contributed by atoms with van der Waals surface area (Å²) in [6.07, 6.45) is 5.08. The number of hydrogen-bond acceptors (Lipinski definition) is 3. The molecule has 134 valence electrons. The highest BCUT2D eigenvalue weighted by atomic mass is 16.1. The summed E-state index contributed by atoms with van der Waals surface area (Å²) in [5.41, 5.74) is 5.21. The van der Waals surface area contributed by atoms with Crippen LogP contribution in [0.5, 0.6) is 0 Å². The molecular formula is C21H24N4O. The fourth-order valence-corrected chi connectivity index (χ4v) is 3.66. The first-order valence-electron chi connectivity index (χ1n) is 9.09. The lowest BCUT2D eigenvalue weighted by atomic mass is 9.87. The standard InChI is InChI=1S/C21H24N4O/c1-13-4-7-18-16(10-13)17-11-14(5-8-19(17)24-18)21(26)23-15-6-9-20(22-12-15)25(2)3/h5-6,8-9,11-13,24H,4,7,10H2,1-3H3,(H,23,26). The van der Waals surface area contributed by atoms with Crippen LogP contribution in [0.15, 0.2) is 36.5 Å². The largest absolute Gasteiger partial charge is 0.363 e. The fourth-order valence-electron chi connectivity index (χ4n) is 3.66. The van der Waals surface area contributed by atoms with Gasteiger partial charge in [-0.2, -0.15) is 0 Å². The van der Waals surface area contributed by atoms with E-state index >= 15 is 0 Å². The van der Waals surface area contributed by atoms with E-state index in [0.717, 1.165) is 24.2 Å². The van der Waals surface area contributed by atoms with Crippen molar-refractivity contribution in [3.05, 3.63) is 53.3 Å². The summed E-state index contributed by atoms with van der Waals surface area (Å²) in [6.45, 7) is 2.29. The van der Waals surface area contributed by atoms with Crippen LogP contribution in [-0.2, 0) is 12.8 Å². The number of hydrogen-bond donors (Lipinski definition) is 2. The molecule has 26 heavy (non-hydrogen) atoms. The van der Waals surface area contributed by atoms with Crippen LogP contribution in [0.1, 0.15) is 35.0 Å². The van der Waals surface area contributed by atoms with Crippen molar-refractivity contribution in [1.29, 1.82) is 0 Å². The number of aryl methyl sites for hydroxylation is 1. The number of fused-ring (bicyclic) bond motifs is 3. The Bertz CT molecular complexity index is 956. The summed E-state index contributed by atoms with van der Waals surface area (Å²) in [4.78, 5) is 22.5. The van der Waals surface area contributed by atoms with E-state index in [1.807, 2.05) is 49.3 Å². The lowest BCUT2D eigenvalue weighted by molar-refractivity contribution is 0.102. The van der Waals surface area contributed by atoms with Crippen LogP contribution in [0.2, 0.25) is 0 Å². The van der Waals surface area contributed by atoms with Gasteiger partial charge in [0.1, 0.15) is 5.82 Å². The molecule has 1 aliphatic rings. The van der Waals surface area contributed by atoms with Crippen molar-refractivity contribution in [3.8, 4) is 0 Å². The van der Waals surface area contributed by atoms with E-state index in [2.05, 4.69) is 22.2 Å². The predicted molar refractivity (Wildman–Crippen MR) is 106 cm³/mol. The average Bonchev–Trinajstić information content (AvgIpc) is 2.99. The van der Waals surface area contributed by atoms with Crippen LogP contribution < -0.4 is 10.2 Å². The van der Waals surface area contributed by atoms with Crippen LogP contribution in [0.4, 0.5) is 11.5 Å². The van der Waals surface area contributed by atoms with Crippen molar-refractivity contribution in [3.63, 3.8) is 0 Å². The molecule has 0 saturated heterocycles. The molecule has 5 heteroatoms. The molecule has 2 aromatic heterocycles. The summed E-state index contributed by atoms with van der Waals surface area (Å²) >= 11 is 0. The van der Waals surface area contributed by atoms with E-state index in [1.165, 1.54) is 23.1 Å². The third kappa shape index (κ3) is 3.05. The number of H-pyrrole nitrogens is 1. The minimum atomic E-state index is -0.106. The summed E-state index contributed by atoms with van der Waals surface area (Å²) < 4.78 is 0. The SMILES string of the molecule is CC1CCc2[nH]c3ccc(C(=O)Nc4ccc(N(C)C)nc4)cc3c2C1. The van der Waals surface area contributed by atoms with Gasteiger partial charge in [0.15, 0.2) is 0 Å². The lowest BCUT2D eigenvalue weighted by Gasteiger charge is -2.18. The second kappa shape index (κ2) is 6.48. The molecule has 1 unspecified atom stereocenters. The average molecular weight is 348 g/mol. The number of aromatic amines is 1. The Labute approximate surface area is 153 Å². The first-order valence-corrected chi connectivity index (χ1v) is 9.09. The number of aromatic nitrogens is 2. The van der Waals surface area contributed by atoms with Gasteiger partial charge < -0.3 is 15.2 Å². The molecule has 5 nitrogen and oxygen atoms in total. The van der Waals surface area contributed by atoms with Gasteiger partial charge in [0, 0.05) is 36.3 Å². The minimum Gasteiger partial charge on any atom is -0.363 e. The number of anilines is 2. The number of carbonyl (C=O) groups excluding carboxylic acids is 1. The summed E-state index contributed by atoms with van der Waals surface area (Å²) in [5.74, 6) is 1.45. The molecule has 4 rings (SSSR count). The van der Waals surface area contributed by atoms with Gasteiger partial charge in [-0.1, -0.05) is 6.92 Å². The molecule has 0 bridgehead atoms. The third-order valence-corrected chi connectivity index (χ3v) is 5.16. The van der Waals surface area contributed by atoms with Gasteiger partial charge in [-0.25, -0.2) is 4.98 Å². The molecular weight excluding hydrogens is 324 g/mol.